The first kappa shape index (κ1) is 12.8. The van der Waals surface area contributed by atoms with Gasteiger partial charge in [0.2, 0.25) is 0 Å². The molecule has 0 aliphatic carbocycles. The van der Waals surface area contributed by atoms with Crippen molar-refractivity contribution in [3.05, 3.63) is 0 Å². The second-order valence-corrected chi connectivity index (χ2v) is 2.85. The van der Waals surface area contributed by atoms with Crippen molar-refractivity contribution in [3.63, 3.8) is 0 Å². The molecule has 13 heavy (non-hydrogen) atoms. The van der Waals surface area contributed by atoms with Gasteiger partial charge in [-0.2, -0.15) is 0 Å². The predicted octanol–water partition coefficient (Wildman–Crippen LogP) is 0.274. The zero-order valence-corrected chi connectivity index (χ0v) is 8.84. The summed E-state index contributed by atoms with van der Waals surface area (Å²) in [6.07, 6.45) is 1.08. The third-order valence-corrected chi connectivity index (χ3v) is 1.63. The molecule has 0 aliphatic rings. The van der Waals surface area contributed by atoms with Crippen molar-refractivity contribution in [2.24, 2.45) is 0 Å². The Bertz CT molecular complexity index is 94.9. The first-order valence-electron chi connectivity index (χ1n) is 4.59. The van der Waals surface area contributed by atoms with E-state index in [4.69, 9.17) is 14.2 Å². The van der Waals surface area contributed by atoms with Crippen LogP contribution < -0.4 is 5.32 Å². The molecule has 80 valence electrons. The van der Waals surface area contributed by atoms with Gasteiger partial charge in [0.05, 0.1) is 12.7 Å². The van der Waals surface area contributed by atoms with Gasteiger partial charge in [0.1, 0.15) is 0 Å². The average molecular weight is 191 g/mol. The Hall–Kier alpha value is -0.160. The standard InChI is InChI=1S/C9H21NO3/c1-10-7-9(8-12-3)13-6-4-5-11-2/h9-10H,4-8H2,1-3H3. The minimum atomic E-state index is 0.145. The number of nitrogens with one attached hydrogen (secondary N) is 1. The number of methoxy groups -OCH3 is 2. The van der Waals surface area contributed by atoms with E-state index in [1.807, 2.05) is 7.05 Å². The van der Waals surface area contributed by atoms with Crippen molar-refractivity contribution in [1.29, 1.82) is 0 Å². The largest absolute Gasteiger partial charge is 0.385 e. The average Bonchev–Trinajstić information content (AvgIpc) is 2.13. The molecule has 4 heteroatoms. The molecular weight excluding hydrogens is 170 g/mol. The number of hydrogen-bond acceptors (Lipinski definition) is 4. The summed E-state index contributed by atoms with van der Waals surface area (Å²) in [5.41, 5.74) is 0. The SMILES string of the molecule is CNCC(COC)OCCCOC. The summed E-state index contributed by atoms with van der Waals surface area (Å²) in [4.78, 5) is 0. The molecule has 0 aliphatic heterocycles. The van der Waals surface area contributed by atoms with Crippen LogP contribution in [0, 0.1) is 0 Å². The lowest BCUT2D eigenvalue weighted by molar-refractivity contribution is -0.00650. The van der Waals surface area contributed by atoms with Gasteiger partial charge in [0.15, 0.2) is 0 Å². The normalized spacial score (nSPS) is 13.2. The molecule has 0 fully saturated rings. The van der Waals surface area contributed by atoms with Crippen LogP contribution in [0.15, 0.2) is 0 Å². The third kappa shape index (κ3) is 8.18. The van der Waals surface area contributed by atoms with Crippen LogP contribution in [-0.4, -0.2) is 53.7 Å². The molecule has 0 radical (unpaired) electrons. The van der Waals surface area contributed by atoms with E-state index in [1.165, 1.54) is 0 Å². The lowest BCUT2D eigenvalue weighted by atomic mass is 10.3. The molecule has 0 rings (SSSR count). The Morgan fingerprint density at radius 3 is 2.46 bits per heavy atom. The first-order chi connectivity index (χ1) is 6.35. The molecule has 0 aromatic heterocycles. The quantitative estimate of drug-likeness (QED) is 0.531. The molecule has 0 saturated heterocycles. The molecule has 1 atom stereocenters. The van der Waals surface area contributed by atoms with Crippen molar-refractivity contribution in [2.75, 3.05) is 47.6 Å². The molecule has 1 unspecified atom stereocenters. The van der Waals surface area contributed by atoms with Crippen molar-refractivity contribution in [1.82, 2.24) is 5.32 Å². The van der Waals surface area contributed by atoms with Gasteiger partial charge in [-0.3, -0.25) is 0 Å². The van der Waals surface area contributed by atoms with E-state index in [2.05, 4.69) is 5.32 Å². The lowest BCUT2D eigenvalue weighted by Gasteiger charge is -2.16. The maximum absolute atomic E-state index is 5.56. The van der Waals surface area contributed by atoms with Gasteiger partial charge in [-0.05, 0) is 13.5 Å². The fourth-order valence-electron chi connectivity index (χ4n) is 1.03. The van der Waals surface area contributed by atoms with Crippen LogP contribution in [0.2, 0.25) is 0 Å². The van der Waals surface area contributed by atoms with Crippen molar-refractivity contribution >= 4 is 0 Å². The molecule has 0 aromatic carbocycles. The number of rotatable bonds is 9. The van der Waals surface area contributed by atoms with Gasteiger partial charge < -0.3 is 19.5 Å². The van der Waals surface area contributed by atoms with Crippen LogP contribution >= 0.6 is 0 Å². The summed E-state index contributed by atoms with van der Waals surface area (Å²) in [6, 6.07) is 0. The van der Waals surface area contributed by atoms with Crippen molar-refractivity contribution in [3.8, 4) is 0 Å². The summed E-state index contributed by atoms with van der Waals surface area (Å²) in [6.45, 7) is 2.93. The van der Waals surface area contributed by atoms with Crippen LogP contribution in [0.25, 0.3) is 0 Å². The maximum Gasteiger partial charge on any atom is 0.0932 e. The van der Waals surface area contributed by atoms with E-state index in [0.29, 0.717) is 6.61 Å². The van der Waals surface area contributed by atoms with Gasteiger partial charge in [0.25, 0.3) is 0 Å². The third-order valence-electron chi connectivity index (χ3n) is 1.63. The number of ether oxygens (including phenoxy) is 3. The van der Waals surface area contributed by atoms with E-state index in [9.17, 15) is 0 Å². The van der Waals surface area contributed by atoms with E-state index < -0.39 is 0 Å². The molecule has 0 heterocycles. The van der Waals surface area contributed by atoms with Crippen LogP contribution in [0.1, 0.15) is 6.42 Å². The zero-order valence-electron chi connectivity index (χ0n) is 8.84. The van der Waals surface area contributed by atoms with Gasteiger partial charge in [0, 0.05) is 34.0 Å². The molecule has 0 saturated carbocycles. The topological polar surface area (TPSA) is 39.7 Å². The summed E-state index contributed by atoms with van der Waals surface area (Å²) in [5.74, 6) is 0. The van der Waals surface area contributed by atoms with Crippen LogP contribution in [0.5, 0.6) is 0 Å². The van der Waals surface area contributed by atoms with Gasteiger partial charge in [-0.1, -0.05) is 0 Å². The second kappa shape index (κ2) is 9.92. The Labute approximate surface area is 80.5 Å². The molecule has 0 aromatic rings. The van der Waals surface area contributed by atoms with E-state index in [-0.39, 0.29) is 6.10 Å². The highest BCUT2D eigenvalue weighted by Crippen LogP contribution is 1.93. The highest BCUT2D eigenvalue weighted by molar-refractivity contribution is 4.58. The molecule has 1 N–H and O–H groups in total. The summed E-state index contributed by atoms with van der Waals surface area (Å²) in [7, 11) is 5.28. The predicted molar refractivity (Wildman–Crippen MR) is 52.0 cm³/mol. The Kier molecular flexibility index (Phi) is 9.80. The van der Waals surface area contributed by atoms with Crippen LogP contribution in [0.3, 0.4) is 0 Å². The smallest absolute Gasteiger partial charge is 0.0932 e. The fraction of sp³-hybridized carbons (Fsp3) is 1.00. The Morgan fingerprint density at radius 2 is 1.92 bits per heavy atom. The van der Waals surface area contributed by atoms with Gasteiger partial charge in [-0.25, -0.2) is 0 Å². The van der Waals surface area contributed by atoms with Gasteiger partial charge >= 0.3 is 0 Å². The molecule has 0 bridgehead atoms. The van der Waals surface area contributed by atoms with Crippen molar-refractivity contribution in [2.45, 2.75) is 12.5 Å². The van der Waals surface area contributed by atoms with Crippen LogP contribution in [0.4, 0.5) is 0 Å². The number of likely N-dealkylation sites (N-methyl/N-ethyl adjacent to an activating group) is 1. The molecule has 0 amide bonds. The van der Waals surface area contributed by atoms with Crippen molar-refractivity contribution < 1.29 is 14.2 Å². The highest BCUT2D eigenvalue weighted by atomic mass is 16.5. The van der Waals surface area contributed by atoms with Gasteiger partial charge in [-0.15, -0.1) is 0 Å². The second-order valence-electron chi connectivity index (χ2n) is 2.85. The minimum absolute atomic E-state index is 0.145. The fourth-order valence-corrected chi connectivity index (χ4v) is 1.03. The summed E-state index contributed by atoms with van der Waals surface area (Å²) in [5, 5.41) is 3.06. The first-order valence-corrected chi connectivity index (χ1v) is 4.59. The lowest BCUT2D eigenvalue weighted by Crippen LogP contribution is -2.31. The summed E-state index contributed by atoms with van der Waals surface area (Å²) >= 11 is 0. The molecule has 4 nitrogen and oxygen atoms in total. The summed E-state index contributed by atoms with van der Waals surface area (Å²) < 4.78 is 15.5. The van der Waals surface area contributed by atoms with E-state index >= 15 is 0 Å². The van der Waals surface area contributed by atoms with E-state index in [1.54, 1.807) is 14.2 Å². The minimum Gasteiger partial charge on any atom is -0.385 e. The maximum atomic E-state index is 5.56. The zero-order chi connectivity index (χ0) is 9.94. The van der Waals surface area contributed by atoms with E-state index in [0.717, 1.165) is 26.2 Å². The Balaban J connectivity index is 3.33. The monoisotopic (exact) mass is 191 g/mol. The molecular formula is C9H21NO3. The number of hydrogen-bond donors (Lipinski definition) is 1. The highest BCUT2D eigenvalue weighted by Gasteiger charge is 2.06. The Morgan fingerprint density at radius 1 is 1.15 bits per heavy atom. The van der Waals surface area contributed by atoms with Crippen LogP contribution in [-0.2, 0) is 14.2 Å². The molecule has 0 spiro atoms.